The molecule has 1 saturated carbocycles. The summed E-state index contributed by atoms with van der Waals surface area (Å²) in [7, 11) is 0. The predicted molar refractivity (Wildman–Crippen MR) is 50.8 cm³/mol. The Morgan fingerprint density at radius 1 is 1.53 bits per heavy atom. The number of halogens is 1. The number of carboxylic acid groups (broad SMARTS) is 1. The van der Waals surface area contributed by atoms with Crippen molar-refractivity contribution >= 4 is 5.97 Å². The fraction of sp³-hybridized carbons (Fsp3) is 0.400. The molecule has 0 bridgehead atoms. The first-order chi connectivity index (χ1) is 7.09. The number of rotatable bonds is 2. The third kappa shape index (κ3) is 1.65. The van der Waals surface area contributed by atoms with Crippen LogP contribution < -0.4 is 5.56 Å². The molecule has 1 aliphatic carbocycles. The van der Waals surface area contributed by atoms with Crippen LogP contribution >= 0.6 is 0 Å². The first-order valence-electron chi connectivity index (χ1n) is 4.68. The van der Waals surface area contributed by atoms with Crippen LogP contribution in [0.3, 0.4) is 0 Å². The van der Waals surface area contributed by atoms with Gasteiger partial charge in [0.2, 0.25) is 0 Å². The molecule has 1 aromatic heterocycles. The molecule has 0 aromatic carbocycles. The molecule has 2 rings (SSSR count). The first kappa shape index (κ1) is 9.89. The molecule has 0 aliphatic heterocycles. The zero-order valence-corrected chi connectivity index (χ0v) is 7.89. The number of hydrogen-bond acceptors (Lipinski definition) is 2. The van der Waals surface area contributed by atoms with Crippen LogP contribution in [0.25, 0.3) is 0 Å². The fourth-order valence-electron chi connectivity index (χ4n) is 1.71. The molecule has 1 heterocycles. The van der Waals surface area contributed by atoms with Crippen molar-refractivity contribution in [1.82, 2.24) is 4.57 Å². The van der Waals surface area contributed by atoms with Gasteiger partial charge in [0.25, 0.3) is 5.56 Å². The zero-order valence-electron chi connectivity index (χ0n) is 7.89. The minimum Gasteiger partial charge on any atom is -0.477 e. The van der Waals surface area contributed by atoms with Gasteiger partial charge in [-0.2, -0.15) is 0 Å². The number of carboxylic acids is 1. The third-order valence-corrected chi connectivity index (χ3v) is 2.65. The van der Waals surface area contributed by atoms with Crippen molar-refractivity contribution < 1.29 is 14.3 Å². The van der Waals surface area contributed by atoms with Crippen molar-refractivity contribution in [2.45, 2.75) is 25.1 Å². The van der Waals surface area contributed by atoms with E-state index in [1.54, 1.807) is 0 Å². The van der Waals surface area contributed by atoms with Gasteiger partial charge in [-0.3, -0.25) is 4.79 Å². The molecular weight excluding hydrogens is 201 g/mol. The second kappa shape index (κ2) is 3.49. The van der Waals surface area contributed by atoms with Crippen LogP contribution in [-0.2, 0) is 0 Å². The smallest absolute Gasteiger partial charge is 0.341 e. The van der Waals surface area contributed by atoms with Crippen LogP contribution in [0.4, 0.5) is 4.39 Å². The Hall–Kier alpha value is -1.65. The van der Waals surface area contributed by atoms with Crippen LogP contribution in [0.1, 0.15) is 29.2 Å². The van der Waals surface area contributed by atoms with E-state index in [4.69, 9.17) is 5.11 Å². The molecule has 1 aromatic rings. The van der Waals surface area contributed by atoms with Crippen molar-refractivity contribution in [3.05, 3.63) is 34.2 Å². The highest BCUT2D eigenvalue weighted by atomic mass is 19.1. The Kier molecular flexibility index (Phi) is 2.30. The number of aromatic carboxylic acids is 1. The molecule has 0 radical (unpaired) electrons. The summed E-state index contributed by atoms with van der Waals surface area (Å²) < 4.78 is 13.9. The van der Waals surface area contributed by atoms with Crippen LogP contribution in [0.15, 0.2) is 23.1 Å². The van der Waals surface area contributed by atoms with Crippen LogP contribution in [0.2, 0.25) is 0 Å². The van der Waals surface area contributed by atoms with Gasteiger partial charge >= 0.3 is 5.97 Å². The lowest BCUT2D eigenvalue weighted by molar-refractivity contribution is 0.0692. The molecule has 15 heavy (non-hydrogen) atoms. The van der Waals surface area contributed by atoms with Crippen molar-refractivity contribution in [1.29, 1.82) is 0 Å². The maximum absolute atomic E-state index is 12.6. The average Bonchev–Trinajstić information content (AvgIpc) is 2.13. The van der Waals surface area contributed by atoms with Gasteiger partial charge < -0.3 is 9.67 Å². The van der Waals surface area contributed by atoms with Gasteiger partial charge in [-0.05, 0) is 25.0 Å². The topological polar surface area (TPSA) is 59.3 Å². The molecular formula is C10H10FNO3. The Bertz CT molecular complexity index is 448. The molecule has 5 heteroatoms. The lowest BCUT2D eigenvalue weighted by Crippen LogP contribution is -2.36. The quantitative estimate of drug-likeness (QED) is 0.800. The van der Waals surface area contributed by atoms with Crippen molar-refractivity contribution in [2.24, 2.45) is 0 Å². The maximum Gasteiger partial charge on any atom is 0.341 e. The fourth-order valence-corrected chi connectivity index (χ4v) is 1.71. The SMILES string of the molecule is O=C(O)c1cccn(C2CC(F)C2)c1=O. The summed E-state index contributed by atoms with van der Waals surface area (Å²) in [5.41, 5.74) is -0.818. The highest BCUT2D eigenvalue weighted by Crippen LogP contribution is 2.33. The molecule has 0 atom stereocenters. The molecule has 0 unspecified atom stereocenters. The van der Waals surface area contributed by atoms with E-state index in [0.717, 1.165) is 0 Å². The minimum absolute atomic E-state index is 0.188. The number of nitrogens with zero attached hydrogens (tertiary/aromatic N) is 1. The summed E-state index contributed by atoms with van der Waals surface area (Å²) in [6, 6.07) is 2.56. The predicted octanol–water partition coefficient (Wildman–Crippen LogP) is 1.22. The number of pyridine rings is 1. The second-order valence-electron chi connectivity index (χ2n) is 3.66. The van der Waals surface area contributed by atoms with Crippen molar-refractivity contribution in [2.75, 3.05) is 0 Å². The van der Waals surface area contributed by atoms with Crippen LogP contribution in [-0.4, -0.2) is 21.8 Å². The molecule has 1 N–H and O–H groups in total. The van der Waals surface area contributed by atoms with Crippen LogP contribution in [0, 0.1) is 0 Å². The highest BCUT2D eigenvalue weighted by Gasteiger charge is 2.31. The Morgan fingerprint density at radius 3 is 2.73 bits per heavy atom. The van der Waals surface area contributed by atoms with Gasteiger partial charge in [-0.25, -0.2) is 9.18 Å². The summed E-state index contributed by atoms with van der Waals surface area (Å²) in [5, 5.41) is 8.73. The maximum atomic E-state index is 12.6. The molecule has 0 spiro atoms. The summed E-state index contributed by atoms with van der Waals surface area (Å²) in [6.45, 7) is 0. The molecule has 4 nitrogen and oxygen atoms in total. The average molecular weight is 211 g/mol. The number of hydrogen-bond donors (Lipinski definition) is 1. The number of carbonyl (C=O) groups is 1. The van der Waals surface area contributed by atoms with E-state index >= 15 is 0 Å². The minimum atomic E-state index is -1.24. The number of aromatic nitrogens is 1. The Balaban J connectivity index is 2.37. The molecule has 80 valence electrons. The highest BCUT2D eigenvalue weighted by molar-refractivity contribution is 5.86. The van der Waals surface area contributed by atoms with E-state index in [1.165, 1.54) is 22.9 Å². The van der Waals surface area contributed by atoms with Gasteiger partial charge in [-0.1, -0.05) is 0 Å². The Labute approximate surface area is 85.0 Å². The van der Waals surface area contributed by atoms with Gasteiger partial charge in [0, 0.05) is 12.2 Å². The monoisotopic (exact) mass is 211 g/mol. The summed E-state index contributed by atoms with van der Waals surface area (Å²) in [4.78, 5) is 22.3. The van der Waals surface area contributed by atoms with E-state index < -0.39 is 17.7 Å². The summed E-state index contributed by atoms with van der Waals surface area (Å²) in [5.74, 6) is -1.24. The van der Waals surface area contributed by atoms with Gasteiger partial charge in [0.1, 0.15) is 11.7 Å². The van der Waals surface area contributed by atoms with Crippen molar-refractivity contribution in [3.8, 4) is 0 Å². The standard InChI is InChI=1S/C10H10FNO3/c11-6-4-7(5-6)12-3-1-2-8(9(12)13)10(14)15/h1-3,6-7H,4-5H2,(H,14,15). The molecule has 0 amide bonds. The normalized spacial score (nSPS) is 24.6. The Morgan fingerprint density at radius 2 is 2.20 bits per heavy atom. The second-order valence-corrected chi connectivity index (χ2v) is 3.66. The van der Waals surface area contributed by atoms with Gasteiger partial charge in [-0.15, -0.1) is 0 Å². The van der Waals surface area contributed by atoms with E-state index in [9.17, 15) is 14.0 Å². The number of alkyl halides is 1. The lowest BCUT2D eigenvalue weighted by Gasteiger charge is -2.31. The summed E-state index contributed by atoms with van der Waals surface area (Å²) in [6.07, 6.45) is 1.23. The third-order valence-electron chi connectivity index (χ3n) is 2.65. The van der Waals surface area contributed by atoms with E-state index in [2.05, 4.69) is 0 Å². The van der Waals surface area contributed by atoms with Crippen molar-refractivity contribution in [3.63, 3.8) is 0 Å². The zero-order chi connectivity index (χ0) is 11.0. The lowest BCUT2D eigenvalue weighted by atomic mass is 9.90. The summed E-state index contributed by atoms with van der Waals surface area (Å²) >= 11 is 0. The molecule has 0 saturated heterocycles. The first-order valence-corrected chi connectivity index (χ1v) is 4.68. The van der Waals surface area contributed by atoms with Gasteiger partial charge in [0.05, 0.1) is 0 Å². The largest absolute Gasteiger partial charge is 0.477 e. The van der Waals surface area contributed by atoms with Crippen LogP contribution in [0.5, 0.6) is 0 Å². The van der Waals surface area contributed by atoms with Gasteiger partial charge in [0.15, 0.2) is 0 Å². The molecule has 1 aliphatic rings. The van der Waals surface area contributed by atoms with E-state index in [-0.39, 0.29) is 11.6 Å². The van der Waals surface area contributed by atoms with E-state index in [1.807, 2.05) is 0 Å². The molecule has 1 fully saturated rings. The van der Waals surface area contributed by atoms with E-state index in [0.29, 0.717) is 12.8 Å².